The number of amides is 1. The van der Waals surface area contributed by atoms with Crippen molar-refractivity contribution >= 4 is 11.9 Å². The van der Waals surface area contributed by atoms with Gasteiger partial charge in [-0.2, -0.15) is 0 Å². The Morgan fingerprint density at radius 2 is 2.40 bits per heavy atom. The lowest BCUT2D eigenvalue weighted by molar-refractivity contribution is -0.161. The van der Waals surface area contributed by atoms with E-state index in [4.69, 9.17) is 5.73 Å². The Bertz CT molecular complexity index is 180. The molecule has 5 heteroatoms. The van der Waals surface area contributed by atoms with Crippen molar-refractivity contribution in [2.75, 3.05) is 0 Å². The van der Waals surface area contributed by atoms with Gasteiger partial charge in [0.1, 0.15) is 6.04 Å². The lowest BCUT2D eigenvalue weighted by atomic mass is 10.1. The molecule has 1 fully saturated rings. The maximum absolute atomic E-state index is 10.4. The zero-order valence-corrected chi connectivity index (χ0v) is 5.46. The first-order valence-corrected chi connectivity index (χ1v) is 2.84. The van der Waals surface area contributed by atoms with Gasteiger partial charge >= 0.3 is 5.97 Å². The molecule has 1 amide bonds. The van der Waals surface area contributed by atoms with Crippen molar-refractivity contribution < 1.29 is 14.3 Å². The second kappa shape index (κ2) is 2.26. The number of esters is 1. The van der Waals surface area contributed by atoms with E-state index in [1.54, 1.807) is 0 Å². The third-order valence-electron chi connectivity index (χ3n) is 1.21. The summed E-state index contributed by atoms with van der Waals surface area (Å²) in [6.45, 7) is 1.26. The van der Waals surface area contributed by atoms with E-state index < -0.39 is 18.2 Å². The van der Waals surface area contributed by atoms with E-state index in [-0.39, 0.29) is 5.91 Å². The summed E-state index contributed by atoms with van der Waals surface area (Å²) in [7, 11) is 0. The largest absolute Gasteiger partial charge is 0.440 e. The highest BCUT2D eigenvalue weighted by Gasteiger charge is 2.38. The lowest BCUT2D eigenvalue weighted by Crippen LogP contribution is -2.67. The molecule has 1 saturated heterocycles. The third kappa shape index (κ3) is 1.08. The van der Waals surface area contributed by atoms with Crippen LogP contribution in [0, 0.1) is 0 Å². The van der Waals surface area contributed by atoms with E-state index >= 15 is 0 Å². The Morgan fingerprint density at radius 3 is 2.70 bits per heavy atom. The summed E-state index contributed by atoms with van der Waals surface area (Å²) in [5, 5.41) is 2.32. The number of nitrogens with two attached hydrogens (primary N) is 1. The fourth-order valence-electron chi connectivity index (χ4n) is 0.649. The predicted octanol–water partition coefficient (Wildman–Crippen LogP) is -1.67. The minimum Gasteiger partial charge on any atom is -0.440 e. The Hall–Kier alpha value is -1.10. The number of carbonyl (C=O) groups excluding carboxylic acids is 2. The van der Waals surface area contributed by atoms with Crippen LogP contribution in [0.2, 0.25) is 0 Å². The molecule has 1 rings (SSSR count). The zero-order chi connectivity index (χ0) is 7.72. The summed E-state index contributed by atoms with van der Waals surface area (Å²) in [5.41, 5.74) is 5.23. The number of carbonyl (C=O) groups is 2. The van der Waals surface area contributed by atoms with Crippen LogP contribution in [-0.2, 0) is 14.3 Å². The Balaban J connectivity index is 2.34. The normalized spacial score (nSPS) is 30.4. The first kappa shape index (κ1) is 7.01. The fourth-order valence-corrected chi connectivity index (χ4v) is 0.649. The van der Waals surface area contributed by atoms with E-state index in [2.05, 4.69) is 10.1 Å². The van der Waals surface area contributed by atoms with E-state index in [0.717, 1.165) is 0 Å². The molecule has 0 bridgehead atoms. The SMILES string of the molecule is CC(=O)O[C@@H]1NC(=O)[C@H]1N. The first-order valence-electron chi connectivity index (χ1n) is 2.84. The van der Waals surface area contributed by atoms with Gasteiger partial charge in [0.2, 0.25) is 5.91 Å². The van der Waals surface area contributed by atoms with Gasteiger partial charge in [-0.15, -0.1) is 0 Å². The van der Waals surface area contributed by atoms with E-state index in [0.29, 0.717) is 0 Å². The van der Waals surface area contributed by atoms with Crippen molar-refractivity contribution in [1.29, 1.82) is 0 Å². The number of hydrogen-bond acceptors (Lipinski definition) is 4. The van der Waals surface area contributed by atoms with Crippen LogP contribution in [0.15, 0.2) is 0 Å². The number of rotatable bonds is 1. The molecule has 10 heavy (non-hydrogen) atoms. The second-order valence-electron chi connectivity index (χ2n) is 2.06. The van der Waals surface area contributed by atoms with Crippen molar-refractivity contribution in [2.24, 2.45) is 5.73 Å². The summed E-state index contributed by atoms with van der Waals surface area (Å²) >= 11 is 0. The quantitative estimate of drug-likeness (QED) is 0.340. The standard InChI is InChI=1S/C5H8N2O3/c1-2(8)10-5-3(6)4(9)7-5/h3,5H,6H2,1H3,(H,7,9)/t3-,5+/m1/s1. The average Bonchev–Trinajstić information content (AvgIpc) is 1.86. The molecule has 1 aliphatic heterocycles. The molecule has 0 radical (unpaired) electrons. The zero-order valence-electron chi connectivity index (χ0n) is 5.46. The van der Waals surface area contributed by atoms with Crippen LogP contribution in [0.3, 0.4) is 0 Å². The maximum atomic E-state index is 10.4. The molecule has 0 aromatic carbocycles. The molecular formula is C5H8N2O3. The van der Waals surface area contributed by atoms with Gasteiger partial charge in [0, 0.05) is 6.92 Å². The van der Waals surface area contributed by atoms with Crippen molar-refractivity contribution in [3.8, 4) is 0 Å². The predicted molar refractivity (Wildman–Crippen MR) is 31.7 cm³/mol. The maximum Gasteiger partial charge on any atom is 0.304 e. The number of ether oxygens (including phenoxy) is 1. The van der Waals surface area contributed by atoms with Crippen LogP contribution in [-0.4, -0.2) is 24.1 Å². The van der Waals surface area contributed by atoms with Crippen LogP contribution >= 0.6 is 0 Å². The Labute approximate surface area is 57.5 Å². The molecule has 0 aromatic heterocycles. The van der Waals surface area contributed by atoms with Gasteiger partial charge in [0.25, 0.3) is 0 Å². The molecule has 1 aliphatic rings. The van der Waals surface area contributed by atoms with Gasteiger partial charge in [0.15, 0.2) is 6.23 Å². The topological polar surface area (TPSA) is 81.4 Å². The van der Waals surface area contributed by atoms with E-state index in [1.807, 2.05) is 0 Å². The minimum absolute atomic E-state index is 0.286. The van der Waals surface area contributed by atoms with Crippen LogP contribution < -0.4 is 11.1 Å². The van der Waals surface area contributed by atoms with Crippen molar-refractivity contribution in [2.45, 2.75) is 19.2 Å². The van der Waals surface area contributed by atoms with E-state index in [1.165, 1.54) is 6.92 Å². The fraction of sp³-hybridized carbons (Fsp3) is 0.600. The van der Waals surface area contributed by atoms with Crippen LogP contribution in [0.4, 0.5) is 0 Å². The summed E-state index contributed by atoms with van der Waals surface area (Å²) in [4.78, 5) is 20.7. The van der Waals surface area contributed by atoms with Gasteiger partial charge in [-0.25, -0.2) is 0 Å². The van der Waals surface area contributed by atoms with Gasteiger partial charge < -0.3 is 15.8 Å². The van der Waals surface area contributed by atoms with Gasteiger partial charge in [-0.3, -0.25) is 9.59 Å². The molecular weight excluding hydrogens is 136 g/mol. The molecule has 0 aromatic rings. The number of hydrogen-bond donors (Lipinski definition) is 2. The second-order valence-corrected chi connectivity index (χ2v) is 2.06. The van der Waals surface area contributed by atoms with Crippen LogP contribution in [0.5, 0.6) is 0 Å². The smallest absolute Gasteiger partial charge is 0.304 e. The summed E-state index contributed by atoms with van der Waals surface area (Å²) in [5.74, 6) is -0.730. The molecule has 2 atom stereocenters. The van der Waals surface area contributed by atoms with Crippen molar-refractivity contribution in [3.05, 3.63) is 0 Å². The third-order valence-corrected chi connectivity index (χ3v) is 1.21. The van der Waals surface area contributed by atoms with Crippen LogP contribution in [0.1, 0.15) is 6.92 Å². The van der Waals surface area contributed by atoms with Crippen LogP contribution in [0.25, 0.3) is 0 Å². The Morgan fingerprint density at radius 1 is 1.80 bits per heavy atom. The average molecular weight is 144 g/mol. The highest BCUT2D eigenvalue weighted by Crippen LogP contribution is 2.04. The Kier molecular flexibility index (Phi) is 1.58. The molecule has 3 N–H and O–H groups in total. The lowest BCUT2D eigenvalue weighted by Gasteiger charge is -2.32. The molecule has 0 spiro atoms. The highest BCUT2D eigenvalue weighted by atomic mass is 16.6. The van der Waals surface area contributed by atoms with Gasteiger partial charge in [0.05, 0.1) is 0 Å². The van der Waals surface area contributed by atoms with Crippen molar-refractivity contribution in [3.63, 3.8) is 0 Å². The minimum atomic E-state index is -0.691. The molecule has 5 nitrogen and oxygen atoms in total. The highest BCUT2D eigenvalue weighted by molar-refractivity contribution is 5.89. The first-order chi connectivity index (χ1) is 4.61. The molecule has 0 unspecified atom stereocenters. The number of nitrogens with one attached hydrogen (secondary N) is 1. The molecule has 0 saturated carbocycles. The monoisotopic (exact) mass is 144 g/mol. The van der Waals surface area contributed by atoms with E-state index in [9.17, 15) is 9.59 Å². The summed E-state index contributed by atoms with van der Waals surface area (Å²) < 4.78 is 4.57. The summed E-state index contributed by atoms with van der Waals surface area (Å²) in [6.07, 6.45) is -0.620. The molecule has 0 aliphatic carbocycles. The summed E-state index contributed by atoms with van der Waals surface area (Å²) in [6, 6.07) is -0.691. The van der Waals surface area contributed by atoms with Gasteiger partial charge in [-0.05, 0) is 0 Å². The van der Waals surface area contributed by atoms with Gasteiger partial charge in [-0.1, -0.05) is 0 Å². The van der Waals surface area contributed by atoms with Crippen molar-refractivity contribution in [1.82, 2.24) is 5.32 Å². The molecule has 1 heterocycles. The number of β-lactam (4-membered cyclic amide) rings is 1. The molecule has 56 valence electrons.